The van der Waals surface area contributed by atoms with Crippen LogP contribution in [0.15, 0.2) is 48.6 Å². The van der Waals surface area contributed by atoms with Gasteiger partial charge in [-0.25, -0.2) is 0 Å². The van der Waals surface area contributed by atoms with Gasteiger partial charge < -0.3 is 15.3 Å². The van der Waals surface area contributed by atoms with Gasteiger partial charge >= 0.3 is 5.97 Å². The van der Waals surface area contributed by atoms with Crippen LogP contribution in [-0.2, 0) is 9.59 Å². The average Bonchev–Trinajstić information content (AvgIpc) is 2.88. The number of allylic oxidation sites excluding steroid dienone is 5. The fourth-order valence-electron chi connectivity index (χ4n) is 3.10. The number of carbonyl (C=O) groups excluding carboxylic acids is 1. The van der Waals surface area contributed by atoms with Crippen LogP contribution in [0.5, 0.6) is 0 Å². The van der Waals surface area contributed by atoms with E-state index in [0.29, 0.717) is 19.3 Å². The minimum atomic E-state index is -0.846. The highest BCUT2D eigenvalue weighted by molar-refractivity contribution is 5.84. The number of ketones is 1. The Morgan fingerprint density at radius 3 is 2.63 bits per heavy atom. The van der Waals surface area contributed by atoms with Crippen molar-refractivity contribution in [3.8, 4) is 0 Å². The molecule has 1 saturated carbocycles. The summed E-state index contributed by atoms with van der Waals surface area (Å²) in [6, 6.07) is 0. The maximum absolute atomic E-state index is 12.1. The molecular formula is C22H32O5. The van der Waals surface area contributed by atoms with Gasteiger partial charge in [0, 0.05) is 24.7 Å². The molecule has 27 heavy (non-hydrogen) atoms. The maximum Gasteiger partial charge on any atom is 0.303 e. The first-order chi connectivity index (χ1) is 13.0. The first-order valence-electron chi connectivity index (χ1n) is 9.69. The van der Waals surface area contributed by atoms with Crippen molar-refractivity contribution in [2.24, 2.45) is 11.8 Å². The number of carbonyl (C=O) groups is 2. The number of carboxylic acids is 1. The molecule has 0 unspecified atom stereocenters. The minimum absolute atomic E-state index is 0.0638. The highest BCUT2D eigenvalue weighted by atomic mass is 16.4. The van der Waals surface area contributed by atoms with E-state index in [4.69, 9.17) is 5.11 Å². The Morgan fingerprint density at radius 1 is 1.19 bits per heavy atom. The van der Waals surface area contributed by atoms with E-state index in [1.54, 1.807) is 24.3 Å². The molecular weight excluding hydrogens is 344 g/mol. The predicted octanol–water partition coefficient (Wildman–Crippen LogP) is 3.58. The van der Waals surface area contributed by atoms with E-state index in [9.17, 15) is 19.8 Å². The number of Topliss-reactive ketones (excluding diaryl/α,β-unsaturated/α-hetero) is 1. The van der Waals surface area contributed by atoms with E-state index in [2.05, 4.69) is 19.1 Å². The zero-order valence-corrected chi connectivity index (χ0v) is 16.0. The van der Waals surface area contributed by atoms with Gasteiger partial charge in [-0.05, 0) is 32.1 Å². The van der Waals surface area contributed by atoms with Crippen LogP contribution in [0, 0.1) is 11.8 Å². The molecule has 0 amide bonds. The molecule has 4 atom stereocenters. The number of aliphatic hydroxyl groups is 2. The molecule has 0 spiro atoms. The average molecular weight is 376 g/mol. The maximum atomic E-state index is 12.1. The van der Waals surface area contributed by atoms with Crippen LogP contribution in [0.1, 0.15) is 51.9 Å². The van der Waals surface area contributed by atoms with E-state index in [0.717, 1.165) is 12.8 Å². The summed E-state index contributed by atoms with van der Waals surface area (Å²) in [5, 5.41) is 28.7. The van der Waals surface area contributed by atoms with Crippen molar-refractivity contribution in [3.05, 3.63) is 48.6 Å². The SMILES string of the molecule is CC/C=C\C/C=C\C[C@@H]1C(=O)C[C@@H](O)[C@@H]1/C=C/[C@H](O)C/C=C\CCC(=O)O. The third kappa shape index (κ3) is 9.50. The molecule has 0 aromatic carbocycles. The van der Waals surface area contributed by atoms with Gasteiger partial charge in [0.25, 0.3) is 0 Å². The normalized spacial score (nSPS) is 24.9. The molecule has 0 heterocycles. The molecule has 5 heteroatoms. The number of hydrogen-bond acceptors (Lipinski definition) is 4. The molecule has 0 aliphatic heterocycles. The zero-order valence-electron chi connectivity index (χ0n) is 16.0. The first kappa shape index (κ1) is 23.1. The van der Waals surface area contributed by atoms with Crippen molar-refractivity contribution in [1.29, 1.82) is 0 Å². The highest BCUT2D eigenvalue weighted by Crippen LogP contribution is 2.33. The number of aliphatic hydroxyl groups excluding tert-OH is 2. The third-order valence-corrected chi connectivity index (χ3v) is 4.59. The summed E-state index contributed by atoms with van der Waals surface area (Å²) in [5.41, 5.74) is 0. The van der Waals surface area contributed by atoms with Crippen LogP contribution < -0.4 is 0 Å². The van der Waals surface area contributed by atoms with Gasteiger partial charge in [-0.1, -0.05) is 55.5 Å². The second-order valence-electron chi connectivity index (χ2n) is 6.84. The van der Waals surface area contributed by atoms with Crippen molar-refractivity contribution in [2.45, 2.75) is 64.1 Å². The topological polar surface area (TPSA) is 94.8 Å². The fraction of sp³-hybridized carbons (Fsp3) is 0.545. The summed E-state index contributed by atoms with van der Waals surface area (Å²) < 4.78 is 0. The van der Waals surface area contributed by atoms with Crippen LogP contribution in [0.25, 0.3) is 0 Å². The number of carboxylic acid groups (broad SMARTS) is 1. The lowest BCUT2D eigenvalue weighted by molar-refractivity contribution is -0.136. The number of rotatable bonds is 12. The summed E-state index contributed by atoms with van der Waals surface area (Å²) in [6.45, 7) is 2.08. The Morgan fingerprint density at radius 2 is 1.93 bits per heavy atom. The summed E-state index contributed by atoms with van der Waals surface area (Å²) in [6.07, 6.45) is 17.1. The molecule has 0 aromatic rings. The molecule has 0 aromatic heterocycles. The summed E-state index contributed by atoms with van der Waals surface area (Å²) in [7, 11) is 0. The van der Waals surface area contributed by atoms with E-state index >= 15 is 0 Å². The van der Waals surface area contributed by atoms with Crippen molar-refractivity contribution in [2.75, 3.05) is 0 Å². The highest BCUT2D eigenvalue weighted by Gasteiger charge is 2.39. The summed E-state index contributed by atoms with van der Waals surface area (Å²) in [5.74, 6) is -1.31. The zero-order chi connectivity index (χ0) is 20.1. The quantitative estimate of drug-likeness (QED) is 0.453. The lowest BCUT2D eigenvalue weighted by Gasteiger charge is -2.16. The lowest BCUT2D eigenvalue weighted by Crippen LogP contribution is -2.18. The Balaban J connectivity index is 2.50. The Bertz CT molecular complexity index is 573. The lowest BCUT2D eigenvalue weighted by atomic mass is 9.90. The van der Waals surface area contributed by atoms with E-state index in [1.165, 1.54) is 0 Å². The van der Waals surface area contributed by atoms with Crippen LogP contribution in [0.4, 0.5) is 0 Å². The largest absolute Gasteiger partial charge is 0.481 e. The second-order valence-corrected chi connectivity index (χ2v) is 6.84. The van der Waals surface area contributed by atoms with E-state index in [-0.39, 0.29) is 30.5 Å². The van der Waals surface area contributed by atoms with Crippen molar-refractivity contribution in [1.82, 2.24) is 0 Å². The first-order valence-corrected chi connectivity index (χ1v) is 9.69. The molecule has 0 bridgehead atoms. The molecule has 150 valence electrons. The Labute approximate surface area is 161 Å². The molecule has 1 rings (SSSR count). The van der Waals surface area contributed by atoms with Crippen LogP contribution in [0.2, 0.25) is 0 Å². The van der Waals surface area contributed by atoms with Gasteiger partial charge in [0.2, 0.25) is 0 Å². The van der Waals surface area contributed by atoms with E-state index < -0.39 is 18.2 Å². The minimum Gasteiger partial charge on any atom is -0.481 e. The Kier molecular flexibility index (Phi) is 11.3. The van der Waals surface area contributed by atoms with E-state index in [1.807, 2.05) is 12.2 Å². The van der Waals surface area contributed by atoms with Crippen molar-refractivity contribution < 1.29 is 24.9 Å². The summed E-state index contributed by atoms with van der Waals surface area (Å²) in [4.78, 5) is 22.6. The Hall–Kier alpha value is -1.98. The second kappa shape index (κ2) is 13.2. The van der Waals surface area contributed by atoms with Crippen LogP contribution >= 0.6 is 0 Å². The molecule has 3 N–H and O–H groups in total. The van der Waals surface area contributed by atoms with Crippen molar-refractivity contribution in [3.63, 3.8) is 0 Å². The number of hydrogen-bond donors (Lipinski definition) is 3. The van der Waals surface area contributed by atoms with Gasteiger partial charge in [-0.15, -0.1) is 0 Å². The standard InChI is InChI=1S/C22H32O5/c1-2-3-4-5-6-9-12-18-19(21(25)16-20(18)24)15-14-17(23)11-8-7-10-13-22(26)27/h3-4,6-9,14-15,17-19,21,23,25H,2,5,10-13,16H2,1H3,(H,26,27)/b4-3-,8-7-,9-6-,15-14+/t17-,18+,19-,21-/m1/s1. The molecule has 1 fully saturated rings. The van der Waals surface area contributed by atoms with Crippen LogP contribution in [0.3, 0.4) is 0 Å². The molecule has 5 nitrogen and oxygen atoms in total. The molecule has 0 saturated heterocycles. The predicted molar refractivity (Wildman–Crippen MR) is 106 cm³/mol. The molecule has 1 aliphatic rings. The van der Waals surface area contributed by atoms with Gasteiger partial charge in [-0.2, -0.15) is 0 Å². The fourth-order valence-corrected chi connectivity index (χ4v) is 3.10. The van der Waals surface area contributed by atoms with Crippen molar-refractivity contribution >= 4 is 11.8 Å². The van der Waals surface area contributed by atoms with Gasteiger partial charge in [0.1, 0.15) is 5.78 Å². The van der Waals surface area contributed by atoms with Crippen LogP contribution in [-0.4, -0.2) is 39.3 Å². The monoisotopic (exact) mass is 376 g/mol. The van der Waals surface area contributed by atoms with Gasteiger partial charge in [0.05, 0.1) is 12.2 Å². The molecule has 1 aliphatic carbocycles. The number of aliphatic carboxylic acids is 1. The third-order valence-electron chi connectivity index (χ3n) is 4.59. The van der Waals surface area contributed by atoms with Gasteiger partial charge in [0.15, 0.2) is 0 Å². The van der Waals surface area contributed by atoms with Gasteiger partial charge in [-0.3, -0.25) is 9.59 Å². The molecule has 0 radical (unpaired) electrons. The summed E-state index contributed by atoms with van der Waals surface area (Å²) >= 11 is 0. The smallest absolute Gasteiger partial charge is 0.303 e.